The number of esters is 1. The third-order valence-electron chi connectivity index (χ3n) is 6.93. The van der Waals surface area contributed by atoms with Crippen LogP contribution in [0.2, 0.25) is 10.0 Å². The summed E-state index contributed by atoms with van der Waals surface area (Å²) in [6.07, 6.45) is 7.93. The highest BCUT2D eigenvalue weighted by atomic mass is 35.5. The molecule has 1 aliphatic rings. The second-order valence-electron chi connectivity index (χ2n) is 10.4. The molecule has 6 nitrogen and oxygen atoms in total. The van der Waals surface area contributed by atoms with Crippen molar-refractivity contribution in [2.24, 2.45) is 5.92 Å². The zero-order chi connectivity index (χ0) is 27.1. The lowest BCUT2D eigenvalue weighted by Crippen LogP contribution is -2.40. The standard InChI is InChI=1S/C30H36Cl2N4O2/c1-19(2)16-27(30(37)38-22-6-3-4-7-22)34-17-20-10-12-21(13-11-20)28-18-35-29(33)26(36-28)15-14-23-24(31)8-5-9-25(23)32/h5,8-13,18-19,22,27,34H,3-4,6-7,14-17H2,1-2H3,(H2,33,35)/t27-/m0/s1. The van der Waals surface area contributed by atoms with Crippen molar-refractivity contribution in [2.45, 2.75) is 77.5 Å². The molecule has 38 heavy (non-hydrogen) atoms. The zero-order valence-electron chi connectivity index (χ0n) is 22.1. The number of benzene rings is 2. The van der Waals surface area contributed by atoms with Gasteiger partial charge in [-0.2, -0.15) is 0 Å². The van der Waals surface area contributed by atoms with Crippen molar-refractivity contribution in [3.05, 3.63) is 75.5 Å². The number of aryl methyl sites for hydroxylation is 1. The van der Waals surface area contributed by atoms with Crippen LogP contribution >= 0.6 is 23.2 Å². The number of rotatable bonds is 11. The number of hydrogen-bond donors (Lipinski definition) is 2. The molecule has 2 aromatic carbocycles. The minimum absolute atomic E-state index is 0.0748. The van der Waals surface area contributed by atoms with Crippen LogP contribution in [-0.2, 0) is 28.9 Å². The number of hydrogen-bond acceptors (Lipinski definition) is 6. The van der Waals surface area contributed by atoms with Gasteiger partial charge in [-0.15, -0.1) is 0 Å². The van der Waals surface area contributed by atoms with Gasteiger partial charge in [0.2, 0.25) is 0 Å². The Labute approximate surface area is 235 Å². The highest BCUT2D eigenvalue weighted by Crippen LogP contribution is 2.27. The minimum Gasteiger partial charge on any atom is -0.461 e. The maximum Gasteiger partial charge on any atom is 0.323 e. The lowest BCUT2D eigenvalue weighted by molar-refractivity contribution is -0.151. The van der Waals surface area contributed by atoms with Gasteiger partial charge in [0.25, 0.3) is 0 Å². The Balaban J connectivity index is 1.39. The maximum absolute atomic E-state index is 12.8. The molecule has 0 amide bonds. The summed E-state index contributed by atoms with van der Waals surface area (Å²) in [4.78, 5) is 22.0. The predicted octanol–water partition coefficient (Wildman–Crippen LogP) is 6.81. The van der Waals surface area contributed by atoms with E-state index in [-0.39, 0.29) is 18.1 Å². The third-order valence-corrected chi connectivity index (χ3v) is 7.64. The average molecular weight is 556 g/mol. The molecule has 0 unspecified atom stereocenters. The first kappa shape index (κ1) is 28.3. The number of carbonyl (C=O) groups excluding carboxylic acids is 1. The van der Waals surface area contributed by atoms with E-state index in [4.69, 9.17) is 38.7 Å². The van der Waals surface area contributed by atoms with Crippen LogP contribution in [0.5, 0.6) is 0 Å². The van der Waals surface area contributed by atoms with Crippen molar-refractivity contribution in [3.8, 4) is 11.3 Å². The van der Waals surface area contributed by atoms with Gasteiger partial charge >= 0.3 is 5.97 Å². The van der Waals surface area contributed by atoms with Gasteiger partial charge in [-0.3, -0.25) is 4.79 Å². The maximum atomic E-state index is 12.8. The Hall–Kier alpha value is -2.67. The van der Waals surface area contributed by atoms with Gasteiger partial charge in [0.15, 0.2) is 0 Å². The van der Waals surface area contributed by atoms with Crippen molar-refractivity contribution in [3.63, 3.8) is 0 Å². The summed E-state index contributed by atoms with van der Waals surface area (Å²) in [6.45, 7) is 4.82. The van der Waals surface area contributed by atoms with Gasteiger partial charge in [0.05, 0.1) is 17.6 Å². The molecule has 4 rings (SSSR count). The monoisotopic (exact) mass is 554 g/mol. The lowest BCUT2D eigenvalue weighted by Gasteiger charge is -2.22. The number of nitrogens with two attached hydrogens (primary N) is 1. The quantitative estimate of drug-likeness (QED) is 0.253. The fourth-order valence-electron chi connectivity index (χ4n) is 4.80. The molecule has 0 aliphatic heterocycles. The van der Waals surface area contributed by atoms with E-state index in [0.29, 0.717) is 46.9 Å². The smallest absolute Gasteiger partial charge is 0.323 e. The number of nitrogens with one attached hydrogen (secondary N) is 1. The van der Waals surface area contributed by atoms with Gasteiger partial charge in [-0.05, 0) is 74.1 Å². The SMILES string of the molecule is CC(C)C[C@H](NCc1ccc(-c2cnc(N)c(CCc3c(Cl)cccc3Cl)n2)cc1)C(=O)OC1CCCC1. The summed E-state index contributed by atoms with van der Waals surface area (Å²) < 4.78 is 5.78. The molecule has 3 N–H and O–H groups in total. The number of halogens is 2. The Bertz CT molecular complexity index is 1210. The summed E-state index contributed by atoms with van der Waals surface area (Å²) in [5, 5.41) is 4.68. The van der Waals surface area contributed by atoms with E-state index in [9.17, 15) is 4.79 Å². The Kier molecular flexibility index (Phi) is 10.0. The van der Waals surface area contributed by atoms with Gasteiger partial charge < -0.3 is 15.8 Å². The van der Waals surface area contributed by atoms with E-state index in [1.165, 1.54) is 0 Å². The molecule has 202 valence electrons. The van der Waals surface area contributed by atoms with Gasteiger partial charge in [0.1, 0.15) is 18.0 Å². The second-order valence-corrected chi connectivity index (χ2v) is 11.2. The Morgan fingerprint density at radius 2 is 1.76 bits per heavy atom. The molecular formula is C30H36Cl2N4O2. The van der Waals surface area contributed by atoms with Crippen LogP contribution in [0.4, 0.5) is 5.82 Å². The molecule has 1 heterocycles. The van der Waals surface area contributed by atoms with E-state index < -0.39 is 0 Å². The van der Waals surface area contributed by atoms with E-state index in [1.807, 2.05) is 42.5 Å². The summed E-state index contributed by atoms with van der Waals surface area (Å²) in [5.74, 6) is 0.654. The largest absolute Gasteiger partial charge is 0.461 e. The lowest BCUT2D eigenvalue weighted by atomic mass is 10.0. The van der Waals surface area contributed by atoms with Crippen molar-refractivity contribution in [1.82, 2.24) is 15.3 Å². The summed E-state index contributed by atoms with van der Waals surface area (Å²) in [5.41, 5.74) is 10.5. The van der Waals surface area contributed by atoms with Gasteiger partial charge in [-0.1, -0.05) is 67.4 Å². The molecule has 1 atom stereocenters. The first-order chi connectivity index (χ1) is 18.3. The van der Waals surface area contributed by atoms with Gasteiger partial charge in [0, 0.05) is 22.2 Å². The fourth-order valence-corrected chi connectivity index (χ4v) is 5.38. The molecule has 3 aromatic rings. The first-order valence-corrected chi connectivity index (χ1v) is 14.1. The van der Waals surface area contributed by atoms with E-state index in [0.717, 1.165) is 54.5 Å². The van der Waals surface area contributed by atoms with Crippen LogP contribution in [0, 0.1) is 5.92 Å². The highest BCUT2D eigenvalue weighted by Gasteiger charge is 2.26. The fraction of sp³-hybridized carbons (Fsp3) is 0.433. The van der Waals surface area contributed by atoms with Crippen LogP contribution in [0.1, 0.15) is 62.8 Å². The summed E-state index contributed by atoms with van der Waals surface area (Å²) >= 11 is 12.6. The molecule has 0 radical (unpaired) electrons. The zero-order valence-corrected chi connectivity index (χ0v) is 23.6. The first-order valence-electron chi connectivity index (χ1n) is 13.4. The number of ether oxygens (including phenoxy) is 1. The average Bonchev–Trinajstić information content (AvgIpc) is 3.40. The molecule has 8 heteroatoms. The number of nitrogen functional groups attached to an aromatic ring is 1. The molecule has 0 spiro atoms. The Morgan fingerprint density at radius 3 is 2.42 bits per heavy atom. The van der Waals surface area contributed by atoms with Crippen molar-refractivity contribution >= 4 is 35.0 Å². The van der Waals surface area contributed by atoms with Crippen LogP contribution in [0.3, 0.4) is 0 Å². The normalized spacial score (nSPS) is 14.7. The molecule has 1 aliphatic carbocycles. The number of nitrogens with zero attached hydrogens (tertiary/aromatic N) is 2. The van der Waals surface area contributed by atoms with E-state index in [1.54, 1.807) is 6.20 Å². The molecule has 1 aromatic heterocycles. The van der Waals surface area contributed by atoms with Crippen LogP contribution in [0.15, 0.2) is 48.7 Å². The van der Waals surface area contributed by atoms with Crippen LogP contribution in [-0.4, -0.2) is 28.1 Å². The molecular weight excluding hydrogens is 519 g/mol. The minimum atomic E-state index is -0.313. The predicted molar refractivity (Wildman–Crippen MR) is 154 cm³/mol. The topological polar surface area (TPSA) is 90.1 Å². The molecule has 0 saturated heterocycles. The number of anilines is 1. The van der Waals surface area contributed by atoms with Gasteiger partial charge in [-0.25, -0.2) is 9.97 Å². The van der Waals surface area contributed by atoms with E-state index >= 15 is 0 Å². The van der Waals surface area contributed by atoms with E-state index in [2.05, 4.69) is 24.1 Å². The Morgan fingerprint density at radius 1 is 1.08 bits per heavy atom. The number of carbonyl (C=O) groups is 1. The van der Waals surface area contributed by atoms with Crippen LogP contribution in [0.25, 0.3) is 11.3 Å². The number of aromatic nitrogens is 2. The highest BCUT2D eigenvalue weighted by molar-refractivity contribution is 6.36. The van der Waals surface area contributed by atoms with Crippen LogP contribution < -0.4 is 11.1 Å². The van der Waals surface area contributed by atoms with Crippen molar-refractivity contribution in [1.29, 1.82) is 0 Å². The van der Waals surface area contributed by atoms with Crippen molar-refractivity contribution < 1.29 is 9.53 Å². The summed E-state index contributed by atoms with van der Waals surface area (Å²) in [7, 11) is 0. The summed E-state index contributed by atoms with van der Waals surface area (Å²) in [6, 6.07) is 13.3. The second kappa shape index (κ2) is 13.4. The molecule has 1 fully saturated rings. The molecule has 0 bridgehead atoms. The molecule has 1 saturated carbocycles. The third kappa shape index (κ3) is 7.68. The van der Waals surface area contributed by atoms with Crippen molar-refractivity contribution in [2.75, 3.05) is 5.73 Å².